The number of hydrogen-bond donors (Lipinski definition) is 2. The fourth-order valence-electron chi connectivity index (χ4n) is 3.96. The molecule has 1 aliphatic rings. The Morgan fingerprint density at radius 3 is 2.70 bits per heavy atom. The predicted molar refractivity (Wildman–Crippen MR) is 108 cm³/mol. The van der Waals surface area contributed by atoms with Crippen LogP contribution >= 0.6 is 15.9 Å². The van der Waals surface area contributed by atoms with Gasteiger partial charge in [0.25, 0.3) is 0 Å². The van der Waals surface area contributed by atoms with Crippen LogP contribution in [0.1, 0.15) is 24.0 Å². The van der Waals surface area contributed by atoms with Crippen molar-refractivity contribution >= 4 is 26.8 Å². The van der Waals surface area contributed by atoms with E-state index in [0.29, 0.717) is 13.2 Å². The molecule has 1 saturated heterocycles. The molecule has 0 aliphatic carbocycles. The minimum Gasteiger partial charge on any atom is -0.380 e. The lowest BCUT2D eigenvalue weighted by Gasteiger charge is -2.38. The largest absolute Gasteiger partial charge is 0.380 e. The molecule has 0 saturated carbocycles. The number of H-pyrrole nitrogens is 1. The number of nitrogens with one attached hydrogen (secondary N) is 2. The SMILES string of the molecule is Fc1ccc(C2(COCCc3cc(Br)cc4cn[nH]c34)CCNCC2)cc1. The van der Waals surface area contributed by atoms with Gasteiger partial charge in [0.2, 0.25) is 0 Å². The van der Waals surface area contributed by atoms with E-state index in [1.165, 1.54) is 11.1 Å². The number of aromatic nitrogens is 2. The molecule has 2 aromatic carbocycles. The monoisotopic (exact) mass is 431 g/mol. The summed E-state index contributed by atoms with van der Waals surface area (Å²) in [5.41, 5.74) is 3.39. The quantitative estimate of drug-likeness (QED) is 0.570. The zero-order valence-corrected chi connectivity index (χ0v) is 16.7. The van der Waals surface area contributed by atoms with Gasteiger partial charge in [-0.15, -0.1) is 0 Å². The topological polar surface area (TPSA) is 49.9 Å². The van der Waals surface area contributed by atoms with Crippen LogP contribution < -0.4 is 5.32 Å². The van der Waals surface area contributed by atoms with E-state index >= 15 is 0 Å². The highest BCUT2D eigenvalue weighted by atomic mass is 79.9. The molecule has 27 heavy (non-hydrogen) atoms. The number of halogens is 2. The molecular formula is C21H23BrFN3O. The maximum atomic E-state index is 13.4. The summed E-state index contributed by atoms with van der Waals surface area (Å²) in [4.78, 5) is 0. The molecule has 1 aromatic heterocycles. The van der Waals surface area contributed by atoms with Gasteiger partial charge in [-0.1, -0.05) is 28.1 Å². The first-order valence-electron chi connectivity index (χ1n) is 9.32. The summed E-state index contributed by atoms with van der Waals surface area (Å²) in [7, 11) is 0. The molecule has 6 heteroatoms. The Bertz CT molecular complexity index is 903. The summed E-state index contributed by atoms with van der Waals surface area (Å²) >= 11 is 3.56. The Morgan fingerprint density at radius 1 is 1.15 bits per heavy atom. The first-order chi connectivity index (χ1) is 13.2. The number of ether oxygens (including phenoxy) is 1. The molecule has 4 rings (SSSR count). The maximum absolute atomic E-state index is 13.4. The molecule has 2 heterocycles. The van der Waals surface area contributed by atoms with Crippen molar-refractivity contribution in [1.82, 2.24) is 15.5 Å². The molecule has 142 valence electrons. The predicted octanol–water partition coefficient (Wildman–Crippen LogP) is 4.35. The fourth-order valence-corrected chi connectivity index (χ4v) is 4.49. The molecule has 0 radical (unpaired) electrons. The normalized spacial score (nSPS) is 16.7. The van der Waals surface area contributed by atoms with Crippen molar-refractivity contribution in [3.8, 4) is 0 Å². The lowest BCUT2D eigenvalue weighted by Crippen LogP contribution is -2.43. The Kier molecular flexibility index (Phi) is 5.57. The maximum Gasteiger partial charge on any atom is 0.123 e. The second kappa shape index (κ2) is 8.09. The van der Waals surface area contributed by atoms with E-state index in [1.807, 2.05) is 18.3 Å². The third kappa shape index (κ3) is 4.08. The highest BCUT2D eigenvalue weighted by Gasteiger charge is 2.34. The molecule has 0 atom stereocenters. The van der Waals surface area contributed by atoms with E-state index in [-0.39, 0.29) is 11.2 Å². The van der Waals surface area contributed by atoms with Crippen LogP contribution in [0.15, 0.2) is 47.1 Å². The lowest BCUT2D eigenvalue weighted by atomic mass is 9.74. The van der Waals surface area contributed by atoms with E-state index < -0.39 is 0 Å². The van der Waals surface area contributed by atoms with Crippen LogP contribution in [0, 0.1) is 5.82 Å². The van der Waals surface area contributed by atoms with Gasteiger partial charge in [0.15, 0.2) is 0 Å². The molecule has 0 spiro atoms. The highest BCUT2D eigenvalue weighted by molar-refractivity contribution is 9.10. The summed E-state index contributed by atoms with van der Waals surface area (Å²) < 4.78 is 20.6. The minimum atomic E-state index is -0.193. The molecule has 2 N–H and O–H groups in total. The number of rotatable bonds is 6. The van der Waals surface area contributed by atoms with Gasteiger partial charge in [-0.3, -0.25) is 5.10 Å². The lowest BCUT2D eigenvalue weighted by molar-refractivity contribution is 0.0691. The third-order valence-corrected chi connectivity index (χ3v) is 5.96. The van der Waals surface area contributed by atoms with Crippen LogP contribution in [-0.4, -0.2) is 36.5 Å². The standard InChI is InChI=1S/C21H23BrFN3O/c22-18-11-15(20-16(12-18)13-25-26-20)5-10-27-14-21(6-8-24-9-7-21)17-1-3-19(23)4-2-17/h1-4,11-13,24H,5-10,14H2,(H,25,26). The van der Waals surface area contributed by atoms with Gasteiger partial charge in [0.1, 0.15) is 5.82 Å². The van der Waals surface area contributed by atoms with Gasteiger partial charge in [-0.2, -0.15) is 5.10 Å². The van der Waals surface area contributed by atoms with Gasteiger partial charge in [0, 0.05) is 15.3 Å². The van der Waals surface area contributed by atoms with Crippen LogP contribution in [0.4, 0.5) is 4.39 Å². The minimum absolute atomic E-state index is 0.0421. The average molecular weight is 432 g/mol. The Morgan fingerprint density at radius 2 is 1.93 bits per heavy atom. The number of hydrogen-bond acceptors (Lipinski definition) is 3. The van der Waals surface area contributed by atoms with Crippen molar-refractivity contribution in [1.29, 1.82) is 0 Å². The Labute approximate surface area is 166 Å². The van der Waals surface area contributed by atoms with E-state index in [0.717, 1.165) is 47.7 Å². The van der Waals surface area contributed by atoms with E-state index in [2.05, 4.69) is 43.6 Å². The summed E-state index contributed by atoms with van der Waals surface area (Å²) in [6.07, 6.45) is 4.65. The summed E-state index contributed by atoms with van der Waals surface area (Å²) in [5, 5.41) is 11.7. The molecule has 0 amide bonds. The average Bonchev–Trinajstić information content (AvgIpc) is 3.15. The smallest absolute Gasteiger partial charge is 0.123 e. The van der Waals surface area contributed by atoms with Crippen molar-refractivity contribution in [2.45, 2.75) is 24.7 Å². The van der Waals surface area contributed by atoms with Gasteiger partial charge < -0.3 is 10.1 Å². The first kappa shape index (κ1) is 18.6. The summed E-state index contributed by atoms with van der Waals surface area (Å²) in [5.74, 6) is -0.193. The van der Waals surface area contributed by atoms with Crippen molar-refractivity contribution in [3.63, 3.8) is 0 Å². The van der Waals surface area contributed by atoms with Crippen LogP contribution in [0.25, 0.3) is 10.9 Å². The van der Waals surface area contributed by atoms with Gasteiger partial charge in [0.05, 0.1) is 24.9 Å². The van der Waals surface area contributed by atoms with Crippen molar-refractivity contribution in [2.24, 2.45) is 0 Å². The molecule has 1 aliphatic heterocycles. The van der Waals surface area contributed by atoms with Crippen molar-refractivity contribution < 1.29 is 9.13 Å². The van der Waals surface area contributed by atoms with Gasteiger partial charge >= 0.3 is 0 Å². The second-order valence-corrected chi connectivity index (χ2v) is 8.15. The molecular weight excluding hydrogens is 409 g/mol. The summed E-state index contributed by atoms with van der Waals surface area (Å²) in [6.45, 7) is 3.21. The van der Waals surface area contributed by atoms with Crippen LogP contribution in [0.5, 0.6) is 0 Å². The zero-order valence-electron chi connectivity index (χ0n) is 15.1. The van der Waals surface area contributed by atoms with Gasteiger partial charge in [-0.05, 0) is 67.7 Å². The van der Waals surface area contributed by atoms with Crippen molar-refractivity contribution in [2.75, 3.05) is 26.3 Å². The molecule has 0 bridgehead atoms. The number of fused-ring (bicyclic) bond motifs is 1. The first-order valence-corrected chi connectivity index (χ1v) is 10.1. The number of piperidine rings is 1. The molecule has 1 fully saturated rings. The number of benzene rings is 2. The Hall–Kier alpha value is -1.76. The molecule has 0 unspecified atom stereocenters. The van der Waals surface area contributed by atoms with E-state index in [4.69, 9.17) is 4.74 Å². The van der Waals surface area contributed by atoms with Gasteiger partial charge in [-0.25, -0.2) is 4.39 Å². The number of aromatic amines is 1. The van der Waals surface area contributed by atoms with Crippen LogP contribution in [0.2, 0.25) is 0 Å². The molecule has 4 nitrogen and oxygen atoms in total. The van der Waals surface area contributed by atoms with E-state index in [1.54, 1.807) is 12.1 Å². The number of nitrogens with zero attached hydrogens (tertiary/aromatic N) is 1. The van der Waals surface area contributed by atoms with Crippen LogP contribution in [-0.2, 0) is 16.6 Å². The van der Waals surface area contributed by atoms with Crippen molar-refractivity contribution in [3.05, 3.63) is 64.0 Å². The van der Waals surface area contributed by atoms with Crippen LogP contribution in [0.3, 0.4) is 0 Å². The highest BCUT2D eigenvalue weighted by Crippen LogP contribution is 2.34. The second-order valence-electron chi connectivity index (χ2n) is 7.24. The summed E-state index contributed by atoms with van der Waals surface area (Å²) in [6, 6.07) is 11.1. The third-order valence-electron chi connectivity index (χ3n) is 5.51. The Balaban J connectivity index is 1.44. The fraction of sp³-hybridized carbons (Fsp3) is 0.381. The van der Waals surface area contributed by atoms with E-state index in [9.17, 15) is 4.39 Å². The zero-order chi connectivity index (χ0) is 18.7. The molecule has 3 aromatic rings.